The van der Waals surface area contributed by atoms with Crippen LogP contribution in [-0.2, 0) is 13.0 Å². The molecule has 0 spiro atoms. The summed E-state index contributed by atoms with van der Waals surface area (Å²) >= 11 is 0. The maximum absolute atomic E-state index is 13.1. The predicted molar refractivity (Wildman–Crippen MR) is 139 cm³/mol. The van der Waals surface area contributed by atoms with Gasteiger partial charge in [0.25, 0.3) is 5.91 Å². The Balaban J connectivity index is 1.40. The van der Waals surface area contributed by atoms with Crippen molar-refractivity contribution < 1.29 is 9.21 Å². The van der Waals surface area contributed by atoms with Crippen molar-refractivity contribution in [2.24, 2.45) is 0 Å². The first-order valence-electron chi connectivity index (χ1n) is 11.9. The molecule has 0 bridgehead atoms. The van der Waals surface area contributed by atoms with Crippen molar-refractivity contribution in [1.82, 2.24) is 10.2 Å². The number of rotatable bonds is 6. The summed E-state index contributed by atoms with van der Waals surface area (Å²) in [5, 5.41) is 3.73. The summed E-state index contributed by atoms with van der Waals surface area (Å²) in [6, 6.07) is 25.7. The summed E-state index contributed by atoms with van der Waals surface area (Å²) in [5.74, 6) is -0.420. The van der Waals surface area contributed by atoms with Gasteiger partial charge < -0.3 is 14.6 Å². The Morgan fingerprint density at radius 1 is 1.00 bits per heavy atom. The van der Waals surface area contributed by atoms with Gasteiger partial charge in [-0.25, -0.2) is 4.79 Å². The Kier molecular flexibility index (Phi) is 6.38. The summed E-state index contributed by atoms with van der Waals surface area (Å²) in [4.78, 5) is 30.0. The minimum atomic E-state index is -0.625. The molecule has 1 aromatic heterocycles. The quantitative estimate of drug-likeness (QED) is 0.426. The molecule has 0 radical (unpaired) electrons. The van der Waals surface area contributed by atoms with Crippen LogP contribution in [0.2, 0.25) is 0 Å². The zero-order valence-electron chi connectivity index (χ0n) is 20.0. The van der Waals surface area contributed by atoms with E-state index >= 15 is 0 Å². The van der Waals surface area contributed by atoms with Crippen molar-refractivity contribution >= 4 is 22.6 Å². The SMILES string of the molecule is CN(C)c1ccc([C@@H](CNC(=O)c2cc3ccccc3oc2=O)N2CCc3ccccc3C2)cc1. The predicted octanol–water partition coefficient (Wildman–Crippen LogP) is 4.39. The normalized spacial score (nSPS) is 14.3. The average molecular weight is 468 g/mol. The van der Waals surface area contributed by atoms with Crippen LogP contribution in [-0.4, -0.2) is 38.0 Å². The lowest BCUT2D eigenvalue weighted by molar-refractivity contribution is 0.0924. The van der Waals surface area contributed by atoms with Gasteiger partial charge in [-0.05, 0) is 47.4 Å². The van der Waals surface area contributed by atoms with Gasteiger partial charge in [0.2, 0.25) is 0 Å². The molecule has 35 heavy (non-hydrogen) atoms. The Hall–Kier alpha value is -3.90. The first-order valence-corrected chi connectivity index (χ1v) is 11.9. The van der Waals surface area contributed by atoms with Gasteiger partial charge in [-0.3, -0.25) is 9.69 Å². The van der Waals surface area contributed by atoms with E-state index in [1.54, 1.807) is 18.2 Å². The molecule has 6 heteroatoms. The molecule has 6 nitrogen and oxygen atoms in total. The summed E-state index contributed by atoms with van der Waals surface area (Å²) in [6.07, 6.45) is 0.963. The van der Waals surface area contributed by atoms with Gasteiger partial charge in [-0.15, -0.1) is 0 Å². The first-order chi connectivity index (χ1) is 17.0. The van der Waals surface area contributed by atoms with Crippen LogP contribution < -0.4 is 15.8 Å². The van der Waals surface area contributed by atoms with E-state index < -0.39 is 11.5 Å². The van der Waals surface area contributed by atoms with Gasteiger partial charge >= 0.3 is 5.63 Å². The fourth-order valence-corrected chi connectivity index (χ4v) is 4.74. The van der Waals surface area contributed by atoms with Crippen LogP contribution in [0.1, 0.15) is 33.1 Å². The van der Waals surface area contributed by atoms with Gasteiger partial charge in [0.1, 0.15) is 11.1 Å². The Labute approximate surface area is 204 Å². The third-order valence-electron chi connectivity index (χ3n) is 6.74. The molecule has 0 fully saturated rings. The molecule has 1 amide bonds. The minimum Gasteiger partial charge on any atom is -0.422 e. The number of benzene rings is 3. The summed E-state index contributed by atoms with van der Waals surface area (Å²) in [7, 11) is 4.03. The highest BCUT2D eigenvalue weighted by molar-refractivity contribution is 5.96. The number of carbonyl (C=O) groups excluding carboxylic acids is 1. The number of para-hydroxylation sites is 1. The topological polar surface area (TPSA) is 65.8 Å². The van der Waals surface area contributed by atoms with E-state index in [1.807, 2.05) is 26.2 Å². The molecule has 0 aliphatic carbocycles. The number of hydrogen-bond acceptors (Lipinski definition) is 5. The molecule has 1 aliphatic heterocycles. The highest BCUT2D eigenvalue weighted by atomic mass is 16.4. The van der Waals surface area contributed by atoms with E-state index in [4.69, 9.17) is 4.42 Å². The minimum absolute atomic E-state index is 0.0226. The van der Waals surface area contributed by atoms with Crippen molar-refractivity contribution in [1.29, 1.82) is 0 Å². The van der Waals surface area contributed by atoms with Crippen LogP contribution in [0.4, 0.5) is 5.69 Å². The molecular weight excluding hydrogens is 438 g/mol. The smallest absolute Gasteiger partial charge is 0.349 e. The van der Waals surface area contributed by atoms with Crippen molar-refractivity contribution in [2.75, 3.05) is 32.1 Å². The maximum atomic E-state index is 13.1. The van der Waals surface area contributed by atoms with Gasteiger partial charge in [-0.1, -0.05) is 54.6 Å². The number of nitrogens with zero attached hydrogens (tertiary/aromatic N) is 2. The molecule has 2 heterocycles. The van der Waals surface area contributed by atoms with Crippen molar-refractivity contribution in [3.05, 3.63) is 112 Å². The lowest BCUT2D eigenvalue weighted by atomic mass is 9.96. The lowest BCUT2D eigenvalue weighted by Gasteiger charge is -2.36. The fourth-order valence-electron chi connectivity index (χ4n) is 4.74. The molecule has 3 aromatic carbocycles. The number of carbonyl (C=O) groups is 1. The van der Waals surface area contributed by atoms with Crippen molar-refractivity contribution in [3.8, 4) is 0 Å². The van der Waals surface area contributed by atoms with Crippen LogP contribution in [0.15, 0.2) is 88.1 Å². The van der Waals surface area contributed by atoms with E-state index in [0.29, 0.717) is 12.1 Å². The highest BCUT2D eigenvalue weighted by Crippen LogP contribution is 2.29. The zero-order chi connectivity index (χ0) is 24.4. The van der Waals surface area contributed by atoms with Gasteiger partial charge in [0.05, 0.1) is 6.04 Å². The molecule has 0 unspecified atom stereocenters. The standard InChI is InChI=1S/C29H29N3O3/c1-31(2)24-13-11-21(12-14-24)26(32-16-15-20-7-3-4-9-23(20)19-32)18-30-28(33)25-17-22-8-5-6-10-27(22)35-29(25)34/h3-14,17,26H,15-16,18-19H2,1-2H3,(H,30,33)/t26-/m1/s1. The van der Waals surface area contributed by atoms with E-state index in [0.717, 1.165) is 36.1 Å². The Bertz CT molecular complexity index is 1410. The summed E-state index contributed by atoms with van der Waals surface area (Å²) < 4.78 is 5.36. The number of nitrogens with one attached hydrogen (secondary N) is 1. The second kappa shape index (κ2) is 9.76. The van der Waals surface area contributed by atoms with E-state index in [1.165, 1.54) is 11.1 Å². The Morgan fingerprint density at radius 2 is 1.71 bits per heavy atom. The molecule has 0 saturated carbocycles. The van der Waals surface area contributed by atoms with Gasteiger partial charge in [-0.2, -0.15) is 0 Å². The zero-order valence-corrected chi connectivity index (χ0v) is 20.0. The molecule has 5 rings (SSSR count). The number of anilines is 1. The third-order valence-corrected chi connectivity index (χ3v) is 6.74. The second-order valence-corrected chi connectivity index (χ2v) is 9.19. The second-order valence-electron chi connectivity index (χ2n) is 9.19. The van der Waals surface area contributed by atoms with E-state index in [9.17, 15) is 9.59 Å². The van der Waals surface area contributed by atoms with E-state index in [2.05, 4.69) is 63.6 Å². The summed E-state index contributed by atoms with van der Waals surface area (Å²) in [5.41, 5.74) is 4.81. The molecule has 178 valence electrons. The first kappa shape index (κ1) is 22.9. The monoisotopic (exact) mass is 467 g/mol. The summed E-state index contributed by atoms with van der Waals surface area (Å²) in [6.45, 7) is 2.09. The Morgan fingerprint density at radius 3 is 2.49 bits per heavy atom. The van der Waals surface area contributed by atoms with Crippen molar-refractivity contribution in [3.63, 3.8) is 0 Å². The number of fused-ring (bicyclic) bond motifs is 2. The molecule has 1 N–H and O–H groups in total. The largest absolute Gasteiger partial charge is 0.422 e. The molecule has 1 aliphatic rings. The van der Waals surface area contributed by atoms with Gasteiger partial charge in [0, 0.05) is 44.8 Å². The van der Waals surface area contributed by atoms with Gasteiger partial charge in [0.15, 0.2) is 0 Å². The van der Waals surface area contributed by atoms with Crippen LogP contribution >= 0.6 is 0 Å². The van der Waals surface area contributed by atoms with Crippen LogP contribution in [0.5, 0.6) is 0 Å². The molecule has 4 aromatic rings. The molecule has 0 saturated heterocycles. The van der Waals surface area contributed by atoms with Crippen LogP contribution in [0.3, 0.4) is 0 Å². The third kappa shape index (κ3) is 4.84. The maximum Gasteiger partial charge on any atom is 0.349 e. The van der Waals surface area contributed by atoms with E-state index in [-0.39, 0.29) is 11.6 Å². The highest BCUT2D eigenvalue weighted by Gasteiger charge is 2.26. The lowest BCUT2D eigenvalue weighted by Crippen LogP contribution is -2.41. The van der Waals surface area contributed by atoms with Crippen molar-refractivity contribution in [2.45, 2.75) is 19.0 Å². The number of amides is 1. The van der Waals surface area contributed by atoms with Crippen LogP contribution in [0, 0.1) is 0 Å². The fraction of sp³-hybridized carbons (Fsp3) is 0.241. The van der Waals surface area contributed by atoms with Crippen LogP contribution in [0.25, 0.3) is 11.0 Å². The average Bonchev–Trinajstić information content (AvgIpc) is 2.88. The molecular formula is C29H29N3O3. The molecule has 1 atom stereocenters. The number of hydrogen-bond donors (Lipinski definition) is 1.